The van der Waals surface area contributed by atoms with E-state index in [0.717, 1.165) is 12.8 Å². The first-order valence-corrected chi connectivity index (χ1v) is 17.2. The van der Waals surface area contributed by atoms with Gasteiger partial charge in [-0.15, -0.1) is 0 Å². The van der Waals surface area contributed by atoms with Crippen molar-refractivity contribution in [3.05, 3.63) is 53.7 Å². The number of aliphatic hydroxyl groups excluding tert-OH is 2. The number of nitrogens with one attached hydrogen (secondary N) is 1. The molecule has 2 aromatic heterocycles. The van der Waals surface area contributed by atoms with Crippen LogP contribution < -0.4 is 11.1 Å². The number of rotatable bonds is 10. The van der Waals surface area contributed by atoms with Gasteiger partial charge in [-0.25, -0.2) is 9.97 Å². The molecule has 4 heterocycles. The van der Waals surface area contributed by atoms with E-state index in [-0.39, 0.29) is 60.0 Å². The van der Waals surface area contributed by atoms with Crippen LogP contribution >= 0.6 is 0 Å². The number of carbonyl (C=O) groups is 4. The number of aliphatic hydroxyl groups is 2. The lowest BCUT2D eigenvalue weighted by atomic mass is 10.0. The molecule has 2 aliphatic rings. The van der Waals surface area contributed by atoms with Crippen LogP contribution in [0.1, 0.15) is 87.9 Å². The molecule has 2 fully saturated rings. The summed E-state index contributed by atoms with van der Waals surface area (Å²) in [6.45, 7) is 13.4. The first kappa shape index (κ1) is 43.0. The zero-order valence-corrected chi connectivity index (χ0v) is 31.4. The number of halogens is 1. The van der Waals surface area contributed by atoms with Crippen LogP contribution in [0.3, 0.4) is 0 Å². The molecule has 15 heteroatoms. The fraction of sp³-hybridized carbons (Fsp3) is 0.611. The molecule has 0 spiro atoms. The molecular weight excluding hydrogens is 659 g/mol. The number of likely N-dealkylation sites (tertiary alicyclic amines) is 2. The van der Waals surface area contributed by atoms with Gasteiger partial charge in [0.2, 0.25) is 17.8 Å². The van der Waals surface area contributed by atoms with E-state index in [2.05, 4.69) is 15.3 Å². The van der Waals surface area contributed by atoms with Gasteiger partial charge in [0.1, 0.15) is 5.82 Å². The number of amides is 4. The standard InChI is InChI=1S/C18H28N4O3.C13H16FN3O2.C5H13NO/c1-13(24)21(4)15-7-9-22(12-15)17(25)14-5-6-16(19-11-14)20-18(2,3)8-10-23;1-9(18)16(2)11-5-6-17(8-11)13(19)10-3-4-12(14)15-7-10;1-5(2,6)3-4-7/h5-6,11,15,23H,7-10,12H2,1-4H3,(H,19,20);3-4,7,11H,5-6,8H2,1-2H3;7H,3-4,6H2,1-2H3/t15-;11-;/m00./s1. The summed E-state index contributed by atoms with van der Waals surface area (Å²) in [5, 5.41) is 20.6. The minimum absolute atomic E-state index is 0.0113. The van der Waals surface area contributed by atoms with Crippen LogP contribution in [0.2, 0.25) is 0 Å². The first-order chi connectivity index (χ1) is 23.8. The van der Waals surface area contributed by atoms with Gasteiger partial charge in [0.05, 0.1) is 23.2 Å². The average molecular weight is 717 g/mol. The van der Waals surface area contributed by atoms with E-state index in [1.807, 2.05) is 27.7 Å². The molecule has 5 N–H and O–H groups in total. The number of pyridine rings is 2. The quantitative estimate of drug-likeness (QED) is 0.266. The summed E-state index contributed by atoms with van der Waals surface area (Å²) in [7, 11) is 3.51. The van der Waals surface area contributed by atoms with E-state index in [1.54, 1.807) is 58.9 Å². The summed E-state index contributed by atoms with van der Waals surface area (Å²) in [5.74, 6) is -0.164. The number of hydrogen-bond donors (Lipinski definition) is 4. The second-order valence-corrected chi connectivity index (χ2v) is 14.4. The van der Waals surface area contributed by atoms with Crippen molar-refractivity contribution in [2.45, 2.75) is 90.4 Å². The highest BCUT2D eigenvalue weighted by atomic mass is 19.1. The molecule has 2 aromatic rings. The zero-order chi connectivity index (χ0) is 38.5. The molecule has 2 aliphatic heterocycles. The van der Waals surface area contributed by atoms with E-state index >= 15 is 0 Å². The lowest BCUT2D eigenvalue weighted by Crippen LogP contribution is -2.39. The minimum Gasteiger partial charge on any atom is -0.396 e. The molecule has 284 valence electrons. The maximum absolute atomic E-state index is 12.7. The Bertz CT molecular complexity index is 1430. The van der Waals surface area contributed by atoms with Gasteiger partial charge in [-0.2, -0.15) is 4.39 Å². The summed E-state index contributed by atoms with van der Waals surface area (Å²) in [4.78, 5) is 62.1. The fourth-order valence-corrected chi connectivity index (χ4v) is 5.44. The predicted octanol–water partition coefficient (Wildman–Crippen LogP) is 2.37. The Morgan fingerprint density at radius 2 is 1.27 bits per heavy atom. The van der Waals surface area contributed by atoms with Crippen LogP contribution in [0, 0.1) is 5.95 Å². The zero-order valence-electron chi connectivity index (χ0n) is 31.4. The Hall–Kier alpha value is -4.21. The lowest BCUT2D eigenvalue weighted by molar-refractivity contribution is -0.130. The Balaban J connectivity index is 0.000000305. The molecule has 4 rings (SSSR count). The van der Waals surface area contributed by atoms with Gasteiger partial charge in [-0.05, 0) is 77.6 Å². The van der Waals surface area contributed by atoms with E-state index in [0.29, 0.717) is 56.0 Å². The van der Waals surface area contributed by atoms with Crippen LogP contribution in [0.4, 0.5) is 10.2 Å². The molecule has 2 atom stereocenters. The van der Waals surface area contributed by atoms with E-state index in [4.69, 9.17) is 15.9 Å². The molecule has 0 bridgehead atoms. The number of anilines is 1. The van der Waals surface area contributed by atoms with Gasteiger partial charge in [-0.1, -0.05) is 0 Å². The number of nitrogens with zero attached hydrogens (tertiary/aromatic N) is 6. The van der Waals surface area contributed by atoms with E-state index < -0.39 is 5.95 Å². The Morgan fingerprint density at radius 1 is 0.824 bits per heavy atom. The van der Waals surface area contributed by atoms with Gasteiger partial charge < -0.3 is 40.9 Å². The number of hydrogen-bond acceptors (Lipinski definition) is 10. The average Bonchev–Trinajstić information content (AvgIpc) is 3.75. The van der Waals surface area contributed by atoms with Gasteiger partial charge >= 0.3 is 0 Å². The number of nitrogens with two attached hydrogens (primary N) is 1. The van der Waals surface area contributed by atoms with Crippen LogP contribution in [-0.2, 0) is 9.59 Å². The molecule has 0 aromatic carbocycles. The molecule has 14 nitrogen and oxygen atoms in total. The SMILES string of the molecule is CC(=O)N(C)[C@H]1CCN(C(=O)c2ccc(F)nc2)C1.CC(=O)N(C)[C@H]1CCN(C(=O)c2ccc(NC(C)(C)CCO)nc2)C1.CC(C)(N)CCO. The molecular formula is C36H57FN8O6. The van der Waals surface area contributed by atoms with Gasteiger partial charge in [0.15, 0.2) is 0 Å². The van der Waals surface area contributed by atoms with Crippen molar-refractivity contribution in [3.8, 4) is 0 Å². The Kier molecular flexibility index (Phi) is 16.4. The van der Waals surface area contributed by atoms with Crippen molar-refractivity contribution in [3.63, 3.8) is 0 Å². The van der Waals surface area contributed by atoms with E-state index in [9.17, 15) is 23.6 Å². The fourth-order valence-electron chi connectivity index (χ4n) is 5.44. The van der Waals surface area contributed by atoms with Crippen molar-refractivity contribution in [1.82, 2.24) is 29.6 Å². The normalized spacial score (nSPS) is 17.1. The number of aromatic nitrogens is 2. The van der Waals surface area contributed by atoms with Crippen LogP contribution in [-0.4, -0.2) is 140 Å². The summed E-state index contributed by atoms with van der Waals surface area (Å²) in [6.07, 6.45) is 5.64. The number of carbonyl (C=O) groups excluding carboxylic acids is 4. The summed E-state index contributed by atoms with van der Waals surface area (Å²) in [6, 6.07) is 6.26. The van der Waals surface area contributed by atoms with Crippen molar-refractivity contribution >= 4 is 29.4 Å². The highest BCUT2D eigenvalue weighted by molar-refractivity contribution is 5.95. The minimum atomic E-state index is -0.604. The molecule has 0 saturated carbocycles. The summed E-state index contributed by atoms with van der Waals surface area (Å²) >= 11 is 0. The maximum atomic E-state index is 12.7. The van der Waals surface area contributed by atoms with Gasteiger partial charge in [0, 0.05) is 90.8 Å². The van der Waals surface area contributed by atoms with E-state index in [1.165, 1.54) is 25.3 Å². The van der Waals surface area contributed by atoms with Crippen molar-refractivity contribution in [2.24, 2.45) is 5.73 Å². The van der Waals surface area contributed by atoms with Crippen molar-refractivity contribution in [2.75, 3.05) is 58.8 Å². The van der Waals surface area contributed by atoms with Gasteiger partial charge in [-0.3, -0.25) is 19.2 Å². The third kappa shape index (κ3) is 14.1. The monoisotopic (exact) mass is 716 g/mol. The largest absolute Gasteiger partial charge is 0.396 e. The lowest BCUT2D eigenvalue weighted by Gasteiger charge is -2.26. The molecule has 0 unspecified atom stereocenters. The van der Waals surface area contributed by atoms with Crippen molar-refractivity contribution in [1.29, 1.82) is 0 Å². The highest BCUT2D eigenvalue weighted by Crippen LogP contribution is 2.20. The van der Waals surface area contributed by atoms with Gasteiger partial charge in [0.25, 0.3) is 11.8 Å². The van der Waals surface area contributed by atoms with Crippen LogP contribution in [0.5, 0.6) is 0 Å². The molecule has 0 radical (unpaired) electrons. The molecule has 51 heavy (non-hydrogen) atoms. The molecule has 4 amide bonds. The predicted molar refractivity (Wildman–Crippen MR) is 193 cm³/mol. The second kappa shape index (κ2) is 19.4. The maximum Gasteiger partial charge on any atom is 0.255 e. The molecule has 2 saturated heterocycles. The topological polar surface area (TPSA) is 186 Å². The van der Waals surface area contributed by atoms with Crippen LogP contribution in [0.25, 0.3) is 0 Å². The smallest absolute Gasteiger partial charge is 0.255 e. The third-order valence-corrected chi connectivity index (χ3v) is 8.93. The molecule has 0 aliphatic carbocycles. The number of likely N-dealkylation sites (N-methyl/N-ethyl adjacent to an activating group) is 2. The Labute approximate surface area is 301 Å². The Morgan fingerprint density at radius 3 is 1.61 bits per heavy atom. The highest BCUT2D eigenvalue weighted by Gasteiger charge is 2.32. The second-order valence-electron chi connectivity index (χ2n) is 14.4. The summed E-state index contributed by atoms with van der Waals surface area (Å²) < 4.78 is 12.7. The van der Waals surface area contributed by atoms with Crippen molar-refractivity contribution < 1.29 is 33.8 Å². The summed E-state index contributed by atoms with van der Waals surface area (Å²) in [5.41, 5.74) is 5.92. The third-order valence-electron chi connectivity index (χ3n) is 8.93. The van der Waals surface area contributed by atoms with Crippen LogP contribution in [0.15, 0.2) is 36.7 Å². The first-order valence-electron chi connectivity index (χ1n) is 17.2.